The molecule has 0 bridgehead atoms. The summed E-state index contributed by atoms with van der Waals surface area (Å²) in [4.78, 5) is 64.7. The van der Waals surface area contributed by atoms with Gasteiger partial charge in [0.1, 0.15) is 5.69 Å². The summed E-state index contributed by atoms with van der Waals surface area (Å²) in [6, 6.07) is 14.0. The van der Waals surface area contributed by atoms with Crippen LogP contribution in [0.5, 0.6) is 0 Å². The van der Waals surface area contributed by atoms with E-state index in [2.05, 4.69) is 0 Å². The topological polar surface area (TPSA) is 98.4 Å². The highest BCUT2D eigenvalue weighted by Gasteiger charge is 2.27. The molecule has 8 heteroatoms. The Morgan fingerprint density at radius 3 is 2.03 bits per heavy atom. The number of aryl methyl sites for hydroxylation is 1. The molecule has 0 radical (unpaired) electrons. The van der Waals surface area contributed by atoms with Crippen LogP contribution in [0.3, 0.4) is 0 Å². The van der Waals surface area contributed by atoms with Gasteiger partial charge in [-0.3, -0.25) is 23.7 Å². The molecule has 1 heterocycles. The first kappa shape index (κ1) is 21.6. The maximum absolute atomic E-state index is 13.3. The second-order valence-electron chi connectivity index (χ2n) is 6.89. The molecule has 1 aromatic heterocycles. The van der Waals surface area contributed by atoms with E-state index >= 15 is 0 Å². The van der Waals surface area contributed by atoms with Gasteiger partial charge in [-0.25, -0.2) is 4.79 Å². The van der Waals surface area contributed by atoms with Gasteiger partial charge in [-0.05, 0) is 13.0 Å². The number of ketones is 2. The van der Waals surface area contributed by atoms with E-state index in [0.29, 0.717) is 0 Å². The largest absolute Gasteiger partial charge is 0.330 e. The number of rotatable bonds is 6. The highest BCUT2D eigenvalue weighted by atomic mass is 16.2. The minimum Gasteiger partial charge on any atom is -0.302 e. The Morgan fingerprint density at radius 2 is 1.42 bits per heavy atom. The monoisotopic (exact) mass is 419 g/mol. The number of amides is 1. The van der Waals surface area contributed by atoms with Crippen molar-refractivity contribution in [1.29, 1.82) is 0 Å². The second-order valence-corrected chi connectivity index (χ2v) is 6.89. The fourth-order valence-electron chi connectivity index (χ4n) is 3.25. The van der Waals surface area contributed by atoms with Gasteiger partial charge in [0.2, 0.25) is 11.6 Å². The first-order valence-corrected chi connectivity index (χ1v) is 9.59. The molecule has 3 aromatic rings. The van der Waals surface area contributed by atoms with Crippen LogP contribution in [0.25, 0.3) is 0 Å². The lowest BCUT2D eigenvalue weighted by Crippen LogP contribution is -2.43. The molecule has 0 atom stereocenters. The van der Waals surface area contributed by atoms with Gasteiger partial charge in [-0.15, -0.1) is 0 Å². The molecule has 8 nitrogen and oxygen atoms in total. The molecule has 0 fully saturated rings. The lowest BCUT2D eigenvalue weighted by atomic mass is 9.96. The summed E-state index contributed by atoms with van der Waals surface area (Å²) in [6.45, 7) is 1.78. The summed E-state index contributed by atoms with van der Waals surface area (Å²) in [5, 5.41) is 0. The zero-order valence-electron chi connectivity index (χ0n) is 17.4. The SMILES string of the molecule is CCN(C(=O)c1ccccc1C(=O)C(=O)c1ccccc1)c1cn(C)c(=O)n(C)c1=O. The Balaban J connectivity index is 2.07. The summed E-state index contributed by atoms with van der Waals surface area (Å²) in [7, 11) is 2.79. The minimum atomic E-state index is -0.820. The van der Waals surface area contributed by atoms with Crippen LogP contribution in [0.2, 0.25) is 0 Å². The Kier molecular flexibility index (Phi) is 6.10. The summed E-state index contributed by atoms with van der Waals surface area (Å²) in [6.07, 6.45) is 1.28. The number of carbonyl (C=O) groups excluding carboxylic acids is 3. The Morgan fingerprint density at radius 1 is 0.839 bits per heavy atom. The Hall–Kier alpha value is -4.07. The molecule has 0 aliphatic carbocycles. The van der Waals surface area contributed by atoms with Gasteiger partial charge < -0.3 is 9.47 Å². The van der Waals surface area contributed by atoms with E-state index in [4.69, 9.17) is 0 Å². The number of anilines is 1. The smallest absolute Gasteiger partial charge is 0.302 e. The average molecular weight is 419 g/mol. The van der Waals surface area contributed by atoms with Gasteiger partial charge in [0, 0.05) is 38.0 Å². The molecular formula is C23H21N3O5. The second kappa shape index (κ2) is 8.74. The third-order valence-corrected chi connectivity index (χ3v) is 4.92. The molecule has 1 amide bonds. The summed E-state index contributed by atoms with van der Waals surface area (Å²) < 4.78 is 2.10. The normalized spacial score (nSPS) is 10.5. The Labute approximate surface area is 178 Å². The van der Waals surface area contributed by atoms with E-state index < -0.39 is 28.7 Å². The van der Waals surface area contributed by atoms with Crippen molar-refractivity contribution in [1.82, 2.24) is 9.13 Å². The molecule has 0 spiro atoms. The van der Waals surface area contributed by atoms with Crippen molar-refractivity contribution in [3.05, 3.63) is 98.3 Å². The predicted molar refractivity (Wildman–Crippen MR) is 116 cm³/mol. The van der Waals surface area contributed by atoms with Crippen LogP contribution in [0.1, 0.15) is 38.0 Å². The molecule has 0 saturated heterocycles. The molecule has 0 aliphatic heterocycles. The van der Waals surface area contributed by atoms with Gasteiger partial charge in [-0.2, -0.15) is 0 Å². The fourth-order valence-corrected chi connectivity index (χ4v) is 3.25. The van der Waals surface area contributed by atoms with Gasteiger partial charge in [-0.1, -0.05) is 48.5 Å². The maximum Gasteiger partial charge on any atom is 0.330 e. The summed E-state index contributed by atoms with van der Waals surface area (Å²) in [5.74, 6) is -2.18. The van der Waals surface area contributed by atoms with Crippen molar-refractivity contribution in [3.8, 4) is 0 Å². The standard InChI is InChI=1S/C23H21N3O5/c1-4-26(18-14-24(2)23(31)25(3)22(18)30)21(29)17-13-9-8-12-16(17)20(28)19(27)15-10-6-5-7-11-15/h5-14H,4H2,1-3H3. The van der Waals surface area contributed by atoms with Crippen molar-refractivity contribution in [2.75, 3.05) is 11.4 Å². The van der Waals surface area contributed by atoms with E-state index in [1.807, 2.05) is 0 Å². The van der Waals surface area contributed by atoms with E-state index in [-0.39, 0.29) is 28.9 Å². The maximum atomic E-state index is 13.3. The Bertz CT molecular complexity index is 1290. The van der Waals surface area contributed by atoms with Crippen molar-refractivity contribution >= 4 is 23.2 Å². The average Bonchev–Trinajstić information content (AvgIpc) is 2.80. The van der Waals surface area contributed by atoms with Crippen LogP contribution >= 0.6 is 0 Å². The van der Waals surface area contributed by atoms with E-state index in [1.165, 1.54) is 54.0 Å². The lowest BCUT2D eigenvalue weighted by Gasteiger charge is -2.22. The molecule has 2 aromatic carbocycles. The third kappa shape index (κ3) is 4.00. The number of hydrogen-bond donors (Lipinski definition) is 0. The van der Waals surface area contributed by atoms with Gasteiger partial charge in [0.05, 0.1) is 5.56 Å². The molecule has 0 N–H and O–H groups in total. The number of hydrogen-bond acceptors (Lipinski definition) is 5. The van der Waals surface area contributed by atoms with E-state index in [9.17, 15) is 24.0 Å². The zero-order valence-corrected chi connectivity index (χ0v) is 17.4. The van der Waals surface area contributed by atoms with Gasteiger partial charge in [0.25, 0.3) is 11.5 Å². The van der Waals surface area contributed by atoms with Crippen LogP contribution in [0.4, 0.5) is 5.69 Å². The molecule has 0 saturated carbocycles. The number of Topliss-reactive ketones (excluding diaryl/α,β-unsaturated/α-hetero) is 2. The highest BCUT2D eigenvalue weighted by Crippen LogP contribution is 2.18. The third-order valence-electron chi connectivity index (χ3n) is 4.92. The quantitative estimate of drug-likeness (QED) is 0.448. The molecule has 0 unspecified atom stereocenters. The van der Waals surface area contributed by atoms with E-state index in [0.717, 1.165) is 4.57 Å². The van der Waals surface area contributed by atoms with Gasteiger partial charge >= 0.3 is 5.69 Å². The van der Waals surface area contributed by atoms with Crippen LogP contribution in [-0.4, -0.2) is 33.2 Å². The van der Waals surface area contributed by atoms with Crippen LogP contribution in [0, 0.1) is 0 Å². The van der Waals surface area contributed by atoms with Crippen molar-refractivity contribution in [2.24, 2.45) is 14.1 Å². The van der Waals surface area contributed by atoms with Crippen LogP contribution < -0.4 is 16.1 Å². The number of benzene rings is 2. The summed E-state index contributed by atoms with van der Waals surface area (Å²) >= 11 is 0. The van der Waals surface area contributed by atoms with Crippen molar-refractivity contribution in [2.45, 2.75) is 6.92 Å². The highest BCUT2D eigenvalue weighted by molar-refractivity contribution is 6.50. The van der Waals surface area contributed by atoms with E-state index in [1.54, 1.807) is 37.3 Å². The van der Waals surface area contributed by atoms with Gasteiger partial charge in [0.15, 0.2) is 0 Å². The molecule has 158 valence electrons. The molecule has 31 heavy (non-hydrogen) atoms. The molecular weight excluding hydrogens is 398 g/mol. The van der Waals surface area contributed by atoms with Crippen molar-refractivity contribution < 1.29 is 14.4 Å². The first-order valence-electron chi connectivity index (χ1n) is 9.59. The molecule has 3 rings (SSSR count). The number of carbonyl (C=O) groups is 3. The van der Waals surface area contributed by atoms with Crippen LogP contribution in [-0.2, 0) is 14.1 Å². The lowest BCUT2D eigenvalue weighted by molar-refractivity contribution is 0.0814. The number of aromatic nitrogens is 2. The minimum absolute atomic E-state index is 0.00506. The first-order chi connectivity index (χ1) is 14.8. The predicted octanol–water partition coefficient (Wildman–Crippen LogP) is 1.82. The molecule has 0 aliphatic rings. The summed E-state index contributed by atoms with van der Waals surface area (Å²) in [5.41, 5.74) is -1.01. The van der Waals surface area contributed by atoms with Crippen molar-refractivity contribution in [3.63, 3.8) is 0 Å². The zero-order chi connectivity index (χ0) is 22.7. The van der Waals surface area contributed by atoms with Crippen LogP contribution in [0.15, 0.2) is 70.4 Å². The number of nitrogens with zero attached hydrogens (tertiary/aromatic N) is 3. The fraction of sp³-hybridized carbons (Fsp3) is 0.174.